The van der Waals surface area contributed by atoms with Crippen molar-refractivity contribution in [3.8, 4) is 0 Å². The van der Waals surface area contributed by atoms with Gasteiger partial charge in [0, 0.05) is 17.8 Å². The molecule has 3 aliphatic heterocycles. The monoisotopic (exact) mass is 423 g/mol. The van der Waals surface area contributed by atoms with Gasteiger partial charge in [-0.05, 0) is 58.2 Å². The highest BCUT2D eigenvalue weighted by Crippen LogP contribution is 2.07. The number of nitrogens with one attached hydrogen (secondary N) is 3. The maximum atomic E-state index is 10.3. The lowest BCUT2D eigenvalue weighted by molar-refractivity contribution is -0.140. The van der Waals surface area contributed by atoms with Crippen molar-refractivity contribution in [1.82, 2.24) is 16.0 Å². The Hall–Kier alpha value is -0.340. The van der Waals surface area contributed by atoms with Crippen LogP contribution in [0.25, 0.3) is 0 Å². The number of carboxylic acids is 1. The van der Waals surface area contributed by atoms with Crippen LogP contribution >= 0.6 is 12.6 Å². The molecule has 7 heteroatoms. The van der Waals surface area contributed by atoms with Gasteiger partial charge >= 0.3 is 5.97 Å². The zero-order chi connectivity index (χ0) is 18.3. The number of hydrogen-bond donors (Lipinski definition) is 6. The van der Waals surface area contributed by atoms with Gasteiger partial charge < -0.3 is 26.2 Å². The first-order valence-electron chi connectivity index (χ1n) is 9.82. The van der Waals surface area contributed by atoms with E-state index in [9.17, 15) is 4.79 Å². The smallest absolute Gasteiger partial charge is 0.320 e. The van der Waals surface area contributed by atoms with Crippen LogP contribution in [0.15, 0.2) is 0 Å². The predicted octanol–water partition coefficient (Wildman–Crippen LogP) is 3.30. The Bertz CT molecular complexity index is 313. The van der Waals surface area contributed by atoms with Gasteiger partial charge in [-0.15, -0.1) is 0 Å². The highest BCUT2D eigenvalue weighted by Gasteiger charge is 2.18. The van der Waals surface area contributed by atoms with Crippen LogP contribution in [0, 0.1) is 0 Å². The van der Waals surface area contributed by atoms with Gasteiger partial charge in [0.1, 0.15) is 6.04 Å². The summed E-state index contributed by atoms with van der Waals surface area (Å²) in [6, 6.07) is 0.814. The number of carbonyl (C=O) groups is 1. The highest BCUT2D eigenvalue weighted by molar-refractivity contribution is 7.80. The van der Waals surface area contributed by atoms with E-state index in [2.05, 4.69) is 28.6 Å². The lowest BCUT2D eigenvalue weighted by atomic mass is 10.1. The Kier molecular flexibility index (Phi) is 24.7. The van der Waals surface area contributed by atoms with E-state index in [0.29, 0.717) is 18.7 Å². The van der Waals surface area contributed by atoms with Gasteiger partial charge in [-0.25, -0.2) is 0 Å². The third kappa shape index (κ3) is 15.6. The molecule has 0 aromatic carbocycles. The van der Waals surface area contributed by atoms with Crippen molar-refractivity contribution in [3.05, 3.63) is 0 Å². The molecular weight excluding hydrogens is 374 g/mol. The molecule has 3 heterocycles. The van der Waals surface area contributed by atoms with Crippen molar-refractivity contribution < 1.29 is 15.0 Å². The van der Waals surface area contributed by atoms with E-state index in [1.807, 2.05) is 0 Å². The molecule has 3 fully saturated rings. The van der Waals surface area contributed by atoms with Crippen LogP contribution in [0.4, 0.5) is 0 Å². The van der Waals surface area contributed by atoms with Crippen LogP contribution in [0.2, 0.25) is 0 Å². The molecule has 3 aliphatic rings. The molecule has 0 bridgehead atoms. The summed E-state index contributed by atoms with van der Waals surface area (Å²) in [5, 5.41) is 26.6. The fourth-order valence-corrected chi connectivity index (χ4v) is 3.53. The second-order valence-corrected chi connectivity index (χ2v) is 7.36. The quantitative estimate of drug-likeness (QED) is 0.390. The first-order chi connectivity index (χ1) is 12.2. The molecule has 172 valence electrons. The predicted molar refractivity (Wildman–Crippen MR) is 126 cm³/mol. The zero-order valence-corrected chi connectivity index (χ0v) is 16.3. The maximum absolute atomic E-state index is 10.3. The molecule has 0 radical (unpaired) electrons. The molecule has 3 saturated heterocycles. The van der Waals surface area contributed by atoms with Crippen molar-refractivity contribution in [2.75, 3.05) is 32.0 Å². The molecule has 0 amide bonds. The Balaban J connectivity index is -0.000000318. The van der Waals surface area contributed by atoms with Crippen molar-refractivity contribution in [3.63, 3.8) is 0 Å². The molecule has 0 aliphatic carbocycles. The molecule has 6 nitrogen and oxygen atoms in total. The number of piperidine rings is 3. The average molecular weight is 424 g/mol. The summed E-state index contributed by atoms with van der Waals surface area (Å²) in [6.45, 7) is 3.45. The number of aliphatic carboxylic acids is 1. The summed E-state index contributed by atoms with van der Waals surface area (Å²) in [5.74, 6) is 0.287. The summed E-state index contributed by atoms with van der Waals surface area (Å²) in [6.07, 6.45) is 10.7. The van der Waals surface area contributed by atoms with Gasteiger partial charge in [-0.1, -0.05) is 41.5 Å². The molecule has 28 heavy (non-hydrogen) atoms. The average Bonchev–Trinajstić information content (AvgIpc) is 2.71. The Morgan fingerprint density at radius 1 is 0.786 bits per heavy atom. The minimum Gasteiger partial charge on any atom is -0.480 e. The van der Waals surface area contributed by atoms with Gasteiger partial charge in [0.2, 0.25) is 0 Å². The van der Waals surface area contributed by atoms with Crippen molar-refractivity contribution in [2.24, 2.45) is 0 Å². The van der Waals surface area contributed by atoms with Crippen LogP contribution in [0.5, 0.6) is 0 Å². The number of aliphatic hydroxyl groups is 1. The van der Waals surface area contributed by atoms with E-state index in [1.165, 1.54) is 38.6 Å². The number of thiol groups is 1. The fourth-order valence-electron chi connectivity index (χ4n) is 3.22. The lowest BCUT2D eigenvalue weighted by Gasteiger charge is -2.20. The van der Waals surface area contributed by atoms with Crippen molar-refractivity contribution >= 4 is 18.6 Å². The largest absolute Gasteiger partial charge is 0.480 e. The number of hydrogen-bond acceptors (Lipinski definition) is 6. The molecule has 0 saturated carbocycles. The third-order valence-electron chi connectivity index (χ3n) is 4.87. The Morgan fingerprint density at radius 2 is 1.25 bits per heavy atom. The van der Waals surface area contributed by atoms with E-state index in [4.69, 9.17) is 10.2 Å². The number of carboxylic acid groups (broad SMARTS) is 1. The molecule has 3 rings (SSSR count). The Morgan fingerprint density at radius 3 is 1.46 bits per heavy atom. The minimum atomic E-state index is -0.713. The van der Waals surface area contributed by atoms with Crippen molar-refractivity contribution in [2.45, 2.75) is 98.2 Å². The second-order valence-electron chi connectivity index (χ2n) is 7.00. The SMILES string of the molecule is C.C.C.O=C(O)C1CCCCN1.OCC1CCCCN1.SCC1CCCCN1. The van der Waals surface area contributed by atoms with Gasteiger partial charge in [-0.2, -0.15) is 12.6 Å². The second kappa shape index (κ2) is 21.4. The molecule has 0 aromatic rings. The molecule has 0 aromatic heterocycles. The van der Waals surface area contributed by atoms with Gasteiger partial charge in [0.15, 0.2) is 0 Å². The van der Waals surface area contributed by atoms with E-state index >= 15 is 0 Å². The number of aliphatic hydroxyl groups excluding tert-OH is 1. The minimum absolute atomic E-state index is 0. The van der Waals surface area contributed by atoms with Gasteiger partial charge in [0.05, 0.1) is 6.61 Å². The lowest BCUT2D eigenvalue weighted by Crippen LogP contribution is -2.40. The van der Waals surface area contributed by atoms with Gasteiger partial charge in [-0.3, -0.25) is 4.79 Å². The normalized spacial score (nSPS) is 26.3. The number of rotatable bonds is 3. The third-order valence-corrected chi connectivity index (χ3v) is 5.31. The van der Waals surface area contributed by atoms with E-state index in [1.54, 1.807) is 0 Å². The molecule has 3 atom stereocenters. The standard InChI is InChI=1S/C6H11NO2.C6H13NO.C6H13NS.3CH4/c8-6(9)5-3-1-2-4-7-5;2*8-5-6-3-1-2-4-7-6;;;/h5,7H,1-4H2,(H,8,9);2*6-8H,1-5H2;3*1H4. The topological polar surface area (TPSA) is 93.6 Å². The molecule has 5 N–H and O–H groups in total. The molecular formula is C21H49N3O3S. The van der Waals surface area contributed by atoms with Crippen LogP contribution < -0.4 is 16.0 Å². The highest BCUT2D eigenvalue weighted by atomic mass is 32.1. The maximum Gasteiger partial charge on any atom is 0.320 e. The van der Waals surface area contributed by atoms with Crippen LogP contribution in [-0.4, -0.2) is 66.3 Å². The summed E-state index contributed by atoms with van der Waals surface area (Å²) >= 11 is 4.20. The first-order valence-corrected chi connectivity index (χ1v) is 10.4. The molecule has 3 unspecified atom stereocenters. The van der Waals surface area contributed by atoms with Crippen LogP contribution in [-0.2, 0) is 4.79 Å². The summed E-state index contributed by atoms with van der Waals surface area (Å²) < 4.78 is 0. The Labute approximate surface area is 180 Å². The van der Waals surface area contributed by atoms with Crippen molar-refractivity contribution in [1.29, 1.82) is 0 Å². The summed E-state index contributed by atoms with van der Waals surface area (Å²) in [4.78, 5) is 10.3. The fraction of sp³-hybridized carbons (Fsp3) is 0.952. The van der Waals surface area contributed by atoms with E-state index in [0.717, 1.165) is 44.5 Å². The summed E-state index contributed by atoms with van der Waals surface area (Å²) in [5.41, 5.74) is 0. The van der Waals surface area contributed by atoms with E-state index in [-0.39, 0.29) is 28.3 Å². The molecule has 0 spiro atoms. The zero-order valence-electron chi connectivity index (χ0n) is 15.4. The van der Waals surface area contributed by atoms with Crippen LogP contribution in [0.1, 0.15) is 80.1 Å². The summed E-state index contributed by atoms with van der Waals surface area (Å²) in [7, 11) is 0. The van der Waals surface area contributed by atoms with Gasteiger partial charge in [0.25, 0.3) is 0 Å². The first kappa shape index (κ1) is 32.3. The van der Waals surface area contributed by atoms with Crippen LogP contribution in [0.3, 0.4) is 0 Å². The van der Waals surface area contributed by atoms with E-state index < -0.39 is 5.97 Å².